The number of aliphatic hydroxyl groups is 1. The molecule has 3 atom stereocenters. The van der Waals surface area contributed by atoms with Crippen molar-refractivity contribution in [3.05, 3.63) is 65.2 Å². The molecule has 2 aromatic rings. The van der Waals surface area contributed by atoms with Crippen LogP contribution in [-0.2, 0) is 10.0 Å². The van der Waals surface area contributed by atoms with Crippen LogP contribution >= 0.6 is 0 Å². The lowest BCUT2D eigenvalue weighted by molar-refractivity contribution is 0.301. The molecule has 1 aliphatic rings. The highest BCUT2D eigenvalue weighted by Gasteiger charge is 2.27. The lowest BCUT2D eigenvalue weighted by Gasteiger charge is -2.20. The predicted octanol–water partition coefficient (Wildman–Crippen LogP) is 3.22. The Morgan fingerprint density at radius 1 is 1.10 bits per heavy atom. The molecule has 0 radical (unpaired) electrons. The van der Waals surface area contributed by atoms with E-state index >= 15 is 0 Å². The van der Waals surface area contributed by atoms with E-state index in [1.165, 1.54) is 6.07 Å². The number of sulfonamides is 1. The van der Waals surface area contributed by atoms with Crippen LogP contribution in [0.2, 0.25) is 0 Å². The van der Waals surface area contributed by atoms with Crippen molar-refractivity contribution in [3.63, 3.8) is 0 Å². The zero-order valence-corrected chi connectivity index (χ0v) is 17.1. The fraction of sp³-hybridized carbons (Fsp3) is 0.429. The minimum atomic E-state index is -3.61. The first-order valence-corrected chi connectivity index (χ1v) is 11.2. The Hall–Kier alpha value is -1.87. The molecule has 3 unspecified atom stereocenters. The summed E-state index contributed by atoms with van der Waals surface area (Å²) in [7, 11) is -3.61. The van der Waals surface area contributed by atoms with E-state index in [-0.39, 0.29) is 30.1 Å². The molecular formula is C21H26F2N2O3S. The molecule has 0 aromatic heterocycles. The monoisotopic (exact) mass is 424 g/mol. The zero-order valence-electron chi connectivity index (χ0n) is 16.2. The van der Waals surface area contributed by atoms with Crippen molar-refractivity contribution in [2.45, 2.75) is 49.1 Å². The van der Waals surface area contributed by atoms with E-state index in [1.807, 2.05) is 19.1 Å². The summed E-state index contributed by atoms with van der Waals surface area (Å²) in [5, 5.41) is 12.3. The number of benzene rings is 2. The molecule has 0 spiro atoms. The standard InChI is InChI=1S/C21H26F2N2O3S/c1-14(16-5-9-20(22)21(23)13-16)25-18-6-2-17(12-18)15-3-7-19(8-4-15)29(27,28)24-10-11-26/h3-5,7-9,13-14,17-18,24-26H,2,6,10-12H2,1H3. The topological polar surface area (TPSA) is 78.4 Å². The first kappa shape index (κ1) is 21.8. The van der Waals surface area contributed by atoms with Gasteiger partial charge in [-0.3, -0.25) is 0 Å². The SMILES string of the molecule is CC(NC1CCC(c2ccc(S(=O)(=O)NCCO)cc2)C1)c1ccc(F)c(F)c1. The summed E-state index contributed by atoms with van der Waals surface area (Å²) in [6.45, 7) is 1.66. The van der Waals surface area contributed by atoms with Crippen LogP contribution in [0.1, 0.15) is 49.3 Å². The van der Waals surface area contributed by atoms with Crippen molar-refractivity contribution in [3.8, 4) is 0 Å². The van der Waals surface area contributed by atoms with E-state index in [1.54, 1.807) is 18.2 Å². The molecule has 0 heterocycles. The van der Waals surface area contributed by atoms with Gasteiger partial charge in [-0.2, -0.15) is 0 Å². The molecule has 1 aliphatic carbocycles. The van der Waals surface area contributed by atoms with Gasteiger partial charge in [0.1, 0.15) is 0 Å². The van der Waals surface area contributed by atoms with Gasteiger partial charge in [0, 0.05) is 18.6 Å². The van der Waals surface area contributed by atoms with Crippen LogP contribution in [0.15, 0.2) is 47.4 Å². The third kappa shape index (κ3) is 5.39. The average molecular weight is 425 g/mol. The van der Waals surface area contributed by atoms with Crippen molar-refractivity contribution in [2.24, 2.45) is 0 Å². The second kappa shape index (κ2) is 9.30. The smallest absolute Gasteiger partial charge is 0.240 e. The third-order valence-electron chi connectivity index (χ3n) is 5.43. The van der Waals surface area contributed by atoms with Gasteiger partial charge in [0.2, 0.25) is 10.0 Å². The minimum Gasteiger partial charge on any atom is -0.395 e. The van der Waals surface area contributed by atoms with Crippen molar-refractivity contribution in [1.29, 1.82) is 0 Å². The number of hydrogen-bond donors (Lipinski definition) is 3. The molecule has 2 aromatic carbocycles. The van der Waals surface area contributed by atoms with Gasteiger partial charge >= 0.3 is 0 Å². The maximum absolute atomic E-state index is 13.5. The van der Waals surface area contributed by atoms with E-state index < -0.39 is 21.7 Å². The molecule has 3 N–H and O–H groups in total. The second-order valence-corrected chi connectivity index (χ2v) is 9.23. The van der Waals surface area contributed by atoms with Crippen LogP contribution in [0.5, 0.6) is 0 Å². The van der Waals surface area contributed by atoms with Crippen LogP contribution in [0.4, 0.5) is 8.78 Å². The summed E-state index contributed by atoms with van der Waals surface area (Å²) in [5.41, 5.74) is 1.79. The summed E-state index contributed by atoms with van der Waals surface area (Å²) < 4.78 is 53.1. The fourth-order valence-electron chi connectivity index (χ4n) is 3.85. The second-order valence-electron chi connectivity index (χ2n) is 7.46. The van der Waals surface area contributed by atoms with Crippen molar-refractivity contribution in [2.75, 3.05) is 13.2 Å². The minimum absolute atomic E-state index is 0.0177. The van der Waals surface area contributed by atoms with Crippen LogP contribution in [0.3, 0.4) is 0 Å². The van der Waals surface area contributed by atoms with Gasteiger partial charge in [-0.15, -0.1) is 0 Å². The number of hydrogen-bond acceptors (Lipinski definition) is 4. The lowest BCUT2D eigenvalue weighted by atomic mass is 9.97. The van der Waals surface area contributed by atoms with E-state index in [0.717, 1.165) is 30.9 Å². The first-order valence-electron chi connectivity index (χ1n) is 9.71. The number of halogens is 2. The van der Waals surface area contributed by atoms with Crippen molar-refractivity contribution in [1.82, 2.24) is 10.0 Å². The van der Waals surface area contributed by atoms with Crippen molar-refractivity contribution < 1.29 is 22.3 Å². The first-order chi connectivity index (χ1) is 13.8. The maximum Gasteiger partial charge on any atom is 0.240 e. The molecular weight excluding hydrogens is 398 g/mol. The van der Waals surface area contributed by atoms with Gasteiger partial charge in [0.05, 0.1) is 11.5 Å². The molecule has 0 bridgehead atoms. The lowest BCUT2D eigenvalue weighted by Crippen LogP contribution is -2.29. The Balaban J connectivity index is 1.59. The Labute approximate surface area is 170 Å². The molecule has 5 nitrogen and oxygen atoms in total. The zero-order chi connectivity index (χ0) is 21.0. The third-order valence-corrected chi connectivity index (χ3v) is 6.90. The average Bonchev–Trinajstić information content (AvgIpc) is 3.17. The fourth-order valence-corrected chi connectivity index (χ4v) is 4.87. The highest BCUT2D eigenvalue weighted by molar-refractivity contribution is 7.89. The number of nitrogens with one attached hydrogen (secondary N) is 2. The van der Waals surface area contributed by atoms with Crippen molar-refractivity contribution >= 4 is 10.0 Å². The summed E-state index contributed by atoms with van der Waals surface area (Å²) in [6.07, 6.45) is 2.82. The highest BCUT2D eigenvalue weighted by atomic mass is 32.2. The quantitative estimate of drug-likeness (QED) is 0.608. The molecule has 3 rings (SSSR count). The molecule has 158 valence electrons. The Kier molecular flexibility index (Phi) is 7.00. The van der Waals surface area contributed by atoms with Gasteiger partial charge in [-0.25, -0.2) is 21.9 Å². The maximum atomic E-state index is 13.5. The molecule has 1 fully saturated rings. The van der Waals surface area contributed by atoms with E-state index in [0.29, 0.717) is 11.5 Å². The summed E-state index contributed by atoms with van der Waals surface area (Å²) in [5.74, 6) is -1.38. The van der Waals surface area contributed by atoms with Crippen LogP contribution in [0.25, 0.3) is 0 Å². The van der Waals surface area contributed by atoms with E-state index in [2.05, 4.69) is 10.0 Å². The Bertz CT molecular complexity index is 935. The Morgan fingerprint density at radius 3 is 2.48 bits per heavy atom. The van der Waals surface area contributed by atoms with Gasteiger partial charge in [0.25, 0.3) is 0 Å². The molecule has 1 saturated carbocycles. The van der Waals surface area contributed by atoms with Crippen LogP contribution in [0, 0.1) is 11.6 Å². The summed E-state index contributed by atoms with van der Waals surface area (Å²) >= 11 is 0. The largest absolute Gasteiger partial charge is 0.395 e. The number of rotatable bonds is 8. The highest BCUT2D eigenvalue weighted by Crippen LogP contribution is 2.35. The molecule has 0 aliphatic heterocycles. The molecule has 0 amide bonds. The summed E-state index contributed by atoms with van der Waals surface area (Å²) in [6, 6.07) is 10.9. The van der Waals surface area contributed by atoms with E-state index in [4.69, 9.17) is 5.11 Å². The normalized spacial score (nSPS) is 20.7. The Morgan fingerprint density at radius 2 is 1.83 bits per heavy atom. The van der Waals surface area contributed by atoms with Crippen LogP contribution in [-0.4, -0.2) is 32.7 Å². The van der Waals surface area contributed by atoms with Crippen LogP contribution < -0.4 is 10.0 Å². The van der Waals surface area contributed by atoms with Gasteiger partial charge < -0.3 is 10.4 Å². The van der Waals surface area contributed by atoms with Gasteiger partial charge in [0.15, 0.2) is 11.6 Å². The molecule has 0 saturated heterocycles. The molecule has 29 heavy (non-hydrogen) atoms. The van der Waals surface area contributed by atoms with Gasteiger partial charge in [-0.1, -0.05) is 18.2 Å². The van der Waals surface area contributed by atoms with E-state index in [9.17, 15) is 17.2 Å². The van der Waals surface area contributed by atoms with Gasteiger partial charge in [-0.05, 0) is 67.5 Å². The molecule has 8 heteroatoms. The summed E-state index contributed by atoms with van der Waals surface area (Å²) in [4.78, 5) is 0.175. The predicted molar refractivity (Wildman–Crippen MR) is 107 cm³/mol. The number of aliphatic hydroxyl groups excluding tert-OH is 1.